The molecule has 2 aromatic carbocycles. The molecule has 1 N–H and O–H groups in total. The van der Waals surface area contributed by atoms with E-state index in [1.54, 1.807) is 22.9 Å². The van der Waals surface area contributed by atoms with E-state index in [0.717, 1.165) is 10.9 Å². The number of carbonyl (C=O) groups excluding carboxylic acids is 2. The minimum Gasteiger partial charge on any atom is -0.306 e. The number of ketones is 1. The van der Waals surface area contributed by atoms with Crippen molar-refractivity contribution in [2.24, 2.45) is 7.05 Å². The lowest BCUT2D eigenvalue weighted by Crippen LogP contribution is -2.37. The first-order valence-electron chi connectivity index (χ1n) is 8.60. The van der Waals surface area contributed by atoms with Gasteiger partial charge >= 0.3 is 6.03 Å². The van der Waals surface area contributed by atoms with Crippen LogP contribution in [-0.4, -0.2) is 26.5 Å². The maximum absolute atomic E-state index is 13.3. The number of aromatic nitrogens is 2. The van der Waals surface area contributed by atoms with Gasteiger partial charge in [0.25, 0.3) is 0 Å². The molecule has 1 aliphatic rings. The third-order valence-electron chi connectivity index (χ3n) is 4.61. The van der Waals surface area contributed by atoms with Crippen molar-refractivity contribution >= 4 is 44.3 Å². The van der Waals surface area contributed by atoms with Gasteiger partial charge in [0.1, 0.15) is 11.3 Å². The Morgan fingerprint density at radius 3 is 2.75 bits per heavy atom. The summed E-state index contributed by atoms with van der Waals surface area (Å²) in [5, 5.41) is 8.19. The summed E-state index contributed by atoms with van der Waals surface area (Å²) in [4.78, 5) is 26.3. The number of anilines is 1. The summed E-state index contributed by atoms with van der Waals surface area (Å²) in [5.41, 5.74) is 1.99. The van der Waals surface area contributed by atoms with E-state index < -0.39 is 12.1 Å². The second-order valence-electron chi connectivity index (χ2n) is 6.56. The molecule has 0 bridgehead atoms. The summed E-state index contributed by atoms with van der Waals surface area (Å²) in [6, 6.07) is 8.57. The molecule has 1 atom stereocenters. The maximum Gasteiger partial charge on any atom is 0.326 e. The lowest BCUT2D eigenvalue weighted by Gasteiger charge is -2.31. The molecule has 8 heteroatoms. The largest absolute Gasteiger partial charge is 0.326 e. The molecule has 4 rings (SSSR count). The molecule has 2 heterocycles. The highest BCUT2D eigenvalue weighted by atomic mass is 79.9. The van der Waals surface area contributed by atoms with Gasteiger partial charge in [-0.05, 0) is 51.8 Å². The second-order valence-corrected chi connectivity index (χ2v) is 7.35. The number of nitrogens with zero attached hydrogens (tertiary/aromatic N) is 3. The van der Waals surface area contributed by atoms with Gasteiger partial charge in [-0.1, -0.05) is 12.1 Å². The smallest absolute Gasteiger partial charge is 0.306 e. The molecule has 1 aliphatic heterocycles. The average molecular weight is 443 g/mol. The standard InChI is InChI=1S/C20H16BrFN4O2/c1-25-11-13-4-7-16(18(21)19(13)24-25)23-20(28)26-9-8-15(27)10-17(26)12-2-5-14(22)6-3-12/h2-9,11,17H,10H2,1H3,(H,23,28). The Kier molecular flexibility index (Phi) is 4.72. The molecule has 1 aromatic heterocycles. The van der Waals surface area contributed by atoms with Gasteiger partial charge in [0.05, 0.1) is 16.2 Å². The summed E-state index contributed by atoms with van der Waals surface area (Å²) >= 11 is 3.50. The molecule has 0 radical (unpaired) electrons. The number of urea groups is 1. The molecule has 0 saturated carbocycles. The lowest BCUT2D eigenvalue weighted by molar-refractivity contribution is -0.116. The molecular weight excluding hydrogens is 427 g/mol. The zero-order chi connectivity index (χ0) is 19.8. The molecule has 142 valence electrons. The van der Waals surface area contributed by atoms with Crippen molar-refractivity contribution in [2.45, 2.75) is 12.5 Å². The number of allylic oxidation sites excluding steroid dienone is 1. The van der Waals surface area contributed by atoms with Gasteiger partial charge < -0.3 is 5.32 Å². The average Bonchev–Trinajstić information content (AvgIpc) is 3.06. The number of rotatable bonds is 2. The molecule has 6 nitrogen and oxygen atoms in total. The maximum atomic E-state index is 13.3. The number of benzene rings is 2. The van der Waals surface area contributed by atoms with Crippen LogP contribution in [0.1, 0.15) is 18.0 Å². The van der Waals surface area contributed by atoms with Crippen LogP contribution in [0.4, 0.5) is 14.9 Å². The summed E-state index contributed by atoms with van der Waals surface area (Å²) in [5.74, 6) is -0.459. The fourth-order valence-corrected chi connectivity index (χ4v) is 3.79. The van der Waals surface area contributed by atoms with Crippen molar-refractivity contribution in [1.29, 1.82) is 0 Å². The van der Waals surface area contributed by atoms with Gasteiger partial charge in [-0.2, -0.15) is 5.10 Å². The van der Waals surface area contributed by atoms with Gasteiger partial charge in [-0.3, -0.25) is 14.4 Å². The predicted octanol–water partition coefficient (Wildman–Crippen LogP) is 4.54. The van der Waals surface area contributed by atoms with E-state index >= 15 is 0 Å². The van der Waals surface area contributed by atoms with Crippen LogP contribution in [0.15, 0.2) is 59.3 Å². The number of fused-ring (bicyclic) bond motifs is 1. The first-order valence-corrected chi connectivity index (χ1v) is 9.39. The van der Waals surface area contributed by atoms with Gasteiger partial charge in [-0.15, -0.1) is 0 Å². The van der Waals surface area contributed by atoms with Gasteiger partial charge in [0, 0.05) is 31.3 Å². The summed E-state index contributed by atoms with van der Waals surface area (Å²) in [6.45, 7) is 0. The third kappa shape index (κ3) is 3.43. The Morgan fingerprint density at radius 2 is 2.00 bits per heavy atom. The molecule has 0 aliphatic carbocycles. The van der Waals surface area contributed by atoms with Crippen molar-refractivity contribution in [2.75, 3.05) is 5.32 Å². The van der Waals surface area contributed by atoms with E-state index in [1.165, 1.54) is 29.3 Å². The van der Waals surface area contributed by atoms with Crippen LogP contribution in [0.3, 0.4) is 0 Å². The highest BCUT2D eigenvalue weighted by molar-refractivity contribution is 9.10. The lowest BCUT2D eigenvalue weighted by atomic mass is 9.97. The van der Waals surface area contributed by atoms with Crippen molar-refractivity contribution in [3.05, 3.63) is 70.7 Å². The number of carbonyl (C=O) groups is 2. The van der Waals surface area contributed by atoms with Crippen LogP contribution in [0.25, 0.3) is 10.9 Å². The third-order valence-corrected chi connectivity index (χ3v) is 5.42. The van der Waals surface area contributed by atoms with Crippen LogP contribution in [-0.2, 0) is 11.8 Å². The van der Waals surface area contributed by atoms with E-state index in [4.69, 9.17) is 0 Å². The first kappa shape index (κ1) is 18.4. The predicted molar refractivity (Wildman–Crippen MR) is 107 cm³/mol. The summed E-state index contributed by atoms with van der Waals surface area (Å²) < 4.78 is 15.6. The topological polar surface area (TPSA) is 67.2 Å². The van der Waals surface area contributed by atoms with E-state index in [2.05, 4.69) is 26.3 Å². The monoisotopic (exact) mass is 442 g/mol. The van der Waals surface area contributed by atoms with Crippen molar-refractivity contribution in [1.82, 2.24) is 14.7 Å². The zero-order valence-corrected chi connectivity index (χ0v) is 16.5. The highest BCUT2D eigenvalue weighted by Gasteiger charge is 2.29. The Bertz CT molecular complexity index is 1110. The Morgan fingerprint density at radius 1 is 1.25 bits per heavy atom. The quantitative estimate of drug-likeness (QED) is 0.633. The number of nitrogens with one attached hydrogen (secondary N) is 1. The number of amides is 2. The fraction of sp³-hybridized carbons (Fsp3) is 0.150. The SMILES string of the molecule is Cn1cc2ccc(NC(=O)N3C=CC(=O)CC3c3ccc(F)cc3)c(Br)c2n1. The second kappa shape index (κ2) is 7.20. The van der Waals surface area contributed by atoms with Crippen LogP contribution in [0.5, 0.6) is 0 Å². The van der Waals surface area contributed by atoms with Crippen LogP contribution < -0.4 is 5.32 Å². The van der Waals surface area contributed by atoms with Gasteiger partial charge in [0.2, 0.25) is 0 Å². The number of hydrogen-bond donors (Lipinski definition) is 1. The molecule has 28 heavy (non-hydrogen) atoms. The minimum atomic E-state index is -0.504. The Hall–Kier alpha value is -3.00. The van der Waals surface area contributed by atoms with Crippen LogP contribution in [0.2, 0.25) is 0 Å². The molecule has 3 aromatic rings. The Balaban J connectivity index is 1.63. The van der Waals surface area contributed by atoms with Crippen molar-refractivity contribution in [3.8, 4) is 0 Å². The highest BCUT2D eigenvalue weighted by Crippen LogP contribution is 2.33. The molecule has 2 amide bonds. The molecule has 0 fully saturated rings. The van der Waals surface area contributed by atoms with Crippen LogP contribution in [0, 0.1) is 5.82 Å². The zero-order valence-electron chi connectivity index (χ0n) is 14.9. The van der Waals surface area contributed by atoms with Crippen molar-refractivity contribution in [3.63, 3.8) is 0 Å². The first-order chi connectivity index (χ1) is 13.4. The van der Waals surface area contributed by atoms with E-state index in [0.29, 0.717) is 15.7 Å². The molecular formula is C20H16BrFN4O2. The number of aryl methyl sites for hydroxylation is 1. The summed E-state index contributed by atoms with van der Waals surface area (Å²) in [6.07, 6.45) is 4.85. The molecule has 0 spiro atoms. The Labute approximate surface area is 168 Å². The normalized spacial score (nSPS) is 16.6. The minimum absolute atomic E-state index is 0.0885. The number of halogens is 2. The van der Waals surface area contributed by atoms with Gasteiger partial charge in [0.15, 0.2) is 5.78 Å². The van der Waals surface area contributed by atoms with Crippen LogP contribution >= 0.6 is 15.9 Å². The van der Waals surface area contributed by atoms with E-state index in [9.17, 15) is 14.0 Å². The molecule has 1 unspecified atom stereocenters. The van der Waals surface area contributed by atoms with E-state index in [-0.39, 0.29) is 18.0 Å². The van der Waals surface area contributed by atoms with Crippen molar-refractivity contribution < 1.29 is 14.0 Å². The van der Waals surface area contributed by atoms with Gasteiger partial charge in [-0.25, -0.2) is 9.18 Å². The van der Waals surface area contributed by atoms with E-state index in [1.807, 2.05) is 19.3 Å². The fourth-order valence-electron chi connectivity index (χ4n) is 3.25. The number of hydrogen-bond acceptors (Lipinski definition) is 3. The molecule has 0 saturated heterocycles. The summed E-state index contributed by atoms with van der Waals surface area (Å²) in [7, 11) is 1.83.